The molecule has 0 aliphatic carbocycles. The highest BCUT2D eigenvalue weighted by molar-refractivity contribution is 4.42. The minimum atomic E-state index is 0.804. The normalized spacial score (nSPS) is 9.27. The zero-order chi connectivity index (χ0) is 9.11. The van der Waals surface area contributed by atoms with Gasteiger partial charge in [0.25, 0.3) is 0 Å². The minimum absolute atomic E-state index is 0.804. The van der Waals surface area contributed by atoms with E-state index in [4.69, 9.17) is 11.5 Å². The van der Waals surface area contributed by atoms with Crippen LogP contribution in [-0.2, 0) is 0 Å². The summed E-state index contributed by atoms with van der Waals surface area (Å²) in [6.07, 6.45) is 2.20. The van der Waals surface area contributed by atoms with E-state index in [0.29, 0.717) is 0 Å². The molecule has 0 spiro atoms. The van der Waals surface area contributed by atoms with Gasteiger partial charge in [-0.25, -0.2) is 0 Å². The lowest BCUT2D eigenvalue weighted by Gasteiger charge is -2.05. The quantitative estimate of drug-likeness (QED) is 0.621. The van der Waals surface area contributed by atoms with Gasteiger partial charge in [-0.05, 0) is 46.6 Å². The molecule has 0 aromatic rings. The van der Waals surface area contributed by atoms with Crippen LogP contribution in [0.3, 0.4) is 0 Å². The van der Waals surface area contributed by atoms with Crippen LogP contribution in [-0.4, -0.2) is 38.6 Å². The van der Waals surface area contributed by atoms with Crippen LogP contribution in [0.1, 0.15) is 19.8 Å². The molecule has 0 fully saturated rings. The molecule has 0 aromatic heterocycles. The molecule has 0 aromatic carbocycles. The molecular formula is C8H23N3. The molecule has 0 heterocycles. The molecule has 0 rings (SSSR count). The number of hydrogen-bond donors (Lipinski definition) is 2. The van der Waals surface area contributed by atoms with Crippen LogP contribution < -0.4 is 11.5 Å². The zero-order valence-electron chi connectivity index (χ0n) is 8.14. The Bertz CT molecular complexity index is 53.3. The highest BCUT2D eigenvalue weighted by Gasteiger charge is 1.83. The fourth-order valence-electron chi connectivity index (χ4n) is 0.408. The monoisotopic (exact) mass is 161 g/mol. The molecule has 3 nitrogen and oxygen atoms in total. The van der Waals surface area contributed by atoms with Crippen molar-refractivity contribution in [2.45, 2.75) is 19.8 Å². The summed E-state index contributed by atoms with van der Waals surface area (Å²) in [6, 6.07) is 0. The first-order valence-corrected chi connectivity index (χ1v) is 4.23. The average Bonchev–Trinajstić information content (AvgIpc) is 2.01. The molecule has 3 heteroatoms. The van der Waals surface area contributed by atoms with Gasteiger partial charge in [-0.2, -0.15) is 0 Å². The molecule has 0 saturated heterocycles. The van der Waals surface area contributed by atoms with E-state index in [-0.39, 0.29) is 0 Å². The zero-order valence-corrected chi connectivity index (χ0v) is 8.14. The van der Waals surface area contributed by atoms with Gasteiger partial charge in [-0.3, -0.25) is 0 Å². The van der Waals surface area contributed by atoms with E-state index in [1.165, 1.54) is 0 Å². The lowest BCUT2D eigenvalue weighted by Crippen LogP contribution is -2.16. The van der Waals surface area contributed by atoms with Crippen LogP contribution in [0.4, 0.5) is 0 Å². The summed E-state index contributed by atoms with van der Waals surface area (Å²) in [5.74, 6) is 0. The molecule has 0 radical (unpaired) electrons. The predicted molar refractivity (Wildman–Crippen MR) is 51.6 cm³/mol. The molecule has 0 atom stereocenters. The summed E-state index contributed by atoms with van der Waals surface area (Å²) in [5.41, 5.74) is 10.3. The fourth-order valence-corrected chi connectivity index (χ4v) is 0.408. The van der Waals surface area contributed by atoms with E-state index < -0.39 is 0 Å². The third kappa shape index (κ3) is 25.8. The SMILES string of the molecule is CCCN.CN(C)CCCN. The van der Waals surface area contributed by atoms with E-state index >= 15 is 0 Å². The predicted octanol–water partition coefficient (Wildman–Crippen LogP) is 0.252. The number of hydrogen-bond acceptors (Lipinski definition) is 3. The topological polar surface area (TPSA) is 55.3 Å². The van der Waals surface area contributed by atoms with Crippen molar-refractivity contribution in [3.05, 3.63) is 0 Å². The first kappa shape index (κ1) is 13.5. The van der Waals surface area contributed by atoms with Crippen LogP contribution in [0.5, 0.6) is 0 Å². The van der Waals surface area contributed by atoms with Gasteiger partial charge >= 0.3 is 0 Å². The summed E-state index contributed by atoms with van der Waals surface area (Å²) in [5, 5.41) is 0. The van der Waals surface area contributed by atoms with Gasteiger partial charge < -0.3 is 16.4 Å². The Morgan fingerprint density at radius 2 is 1.55 bits per heavy atom. The molecule has 11 heavy (non-hydrogen) atoms. The van der Waals surface area contributed by atoms with Crippen molar-refractivity contribution in [1.82, 2.24) is 4.90 Å². The third-order valence-electron chi connectivity index (χ3n) is 1.10. The van der Waals surface area contributed by atoms with E-state index in [2.05, 4.69) is 25.9 Å². The second-order valence-corrected chi connectivity index (χ2v) is 2.73. The molecule has 4 N–H and O–H groups in total. The molecular weight excluding hydrogens is 138 g/mol. The maximum atomic E-state index is 5.25. The van der Waals surface area contributed by atoms with Crippen molar-refractivity contribution in [3.63, 3.8) is 0 Å². The Kier molecular flexibility index (Phi) is 15.4. The van der Waals surface area contributed by atoms with Crippen molar-refractivity contribution in [3.8, 4) is 0 Å². The standard InChI is InChI=1S/C5H14N2.C3H9N/c1-7(2)5-3-4-6;1-2-3-4/h3-6H2,1-2H3;2-4H2,1H3. The first-order chi connectivity index (χ1) is 5.18. The van der Waals surface area contributed by atoms with Crippen LogP contribution in [0.15, 0.2) is 0 Å². The second kappa shape index (κ2) is 12.5. The van der Waals surface area contributed by atoms with Gasteiger partial charge in [-0.1, -0.05) is 6.92 Å². The maximum absolute atomic E-state index is 5.25. The smallest absolute Gasteiger partial charge is 0.00128 e. The summed E-state index contributed by atoms with van der Waals surface area (Å²) in [6.45, 7) is 4.79. The van der Waals surface area contributed by atoms with Crippen LogP contribution >= 0.6 is 0 Å². The summed E-state index contributed by atoms with van der Waals surface area (Å²) in [7, 11) is 4.10. The third-order valence-corrected chi connectivity index (χ3v) is 1.10. The lowest BCUT2D eigenvalue weighted by molar-refractivity contribution is 0.403. The Morgan fingerprint density at radius 3 is 1.64 bits per heavy atom. The van der Waals surface area contributed by atoms with Gasteiger partial charge in [-0.15, -0.1) is 0 Å². The van der Waals surface area contributed by atoms with E-state index in [1.807, 2.05) is 0 Å². The van der Waals surface area contributed by atoms with Gasteiger partial charge in [0, 0.05) is 0 Å². The summed E-state index contributed by atoms with van der Waals surface area (Å²) >= 11 is 0. The lowest BCUT2D eigenvalue weighted by atomic mass is 10.4. The van der Waals surface area contributed by atoms with Crippen molar-refractivity contribution in [2.75, 3.05) is 33.7 Å². The molecule has 0 aliphatic heterocycles. The van der Waals surface area contributed by atoms with Gasteiger partial charge in [0.2, 0.25) is 0 Å². The van der Waals surface area contributed by atoms with E-state index in [1.54, 1.807) is 0 Å². The maximum Gasteiger partial charge on any atom is -0.00128 e. The van der Waals surface area contributed by atoms with Crippen molar-refractivity contribution < 1.29 is 0 Å². The van der Waals surface area contributed by atoms with Crippen molar-refractivity contribution in [1.29, 1.82) is 0 Å². The van der Waals surface area contributed by atoms with Gasteiger partial charge in [0.1, 0.15) is 0 Å². The van der Waals surface area contributed by atoms with Crippen LogP contribution in [0.2, 0.25) is 0 Å². The molecule has 0 saturated carbocycles. The number of nitrogens with two attached hydrogens (primary N) is 2. The largest absolute Gasteiger partial charge is 0.330 e. The second-order valence-electron chi connectivity index (χ2n) is 2.73. The molecule has 0 aliphatic rings. The van der Waals surface area contributed by atoms with Crippen LogP contribution in [0, 0.1) is 0 Å². The fraction of sp³-hybridized carbons (Fsp3) is 1.00. The highest BCUT2D eigenvalue weighted by atomic mass is 15.0. The molecule has 0 unspecified atom stereocenters. The van der Waals surface area contributed by atoms with Gasteiger partial charge in [0.05, 0.1) is 0 Å². The van der Waals surface area contributed by atoms with E-state index in [9.17, 15) is 0 Å². The number of nitrogens with zero attached hydrogens (tertiary/aromatic N) is 1. The Hall–Kier alpha value is -0.120. The molecule has 70 valence electrons. The molecule has 0 amide bonds. The Labute approximate surface area is 70.7 Å². The summed E-state index contributed by atoms with van der Waals surface area (Å²) < 4.78 is 0. The Balaban J connectivity index is 0. The first-order valence-electron chi connectivity index (χ1n) is 4.23. The van der Waals surface area contributed by atoms with Gasteiger partial charge in [0.15, 0.2) is 0 Å². The van der Waals surface area contributed by atoms with Crippen LogP contribution in [0.25, 0.3) is 0 Å². The average molecular weight is 161 g/mol. The summed E-state index contributed by atoms with van der Waals surface area (Å²) in [4.78, 5) is 2.13. The Morgan fingerprint density at radius 1 is 1.09 bits per heavy atom. The highest BCUT2D eigenvalue weighted by Crippen LogP contribution is 1.76. The molecule has 0 bridgehead atoms. The minimum Gasteiger partial charge on any atom is -0.330 e. The number of rotatable bonds is 4. The van der Waals surface area contributed by atoms with E-state index in [0.717, 1.165) is 32.5 Å². The van der Waals surface area contributed by atoms with Crippen molar-refractivity contribution in [2.24, 2.45) is 11.5 Å². The van der Waals surface area contributed by atoms with Crippen molar-refractivity contribution >= 4 is 0 Å².